The Bertz CT molecular complexity index is 1110. The molecule has 0 saturated carbocycles. The van der Waals surface area contributed by atoms with Gasteiger partial charge < -0.3 is 11.5 Å². The number of guanidine groups is 1. The summed E-state index contributed by atoms with van der Waals surface area (Å²) < 4.78 is 2.09. The maximum absolute atomic E-state index is 6.49. The van der Waals surface area contributed by atoms with Crippen molar-refractivity contribution in [1.29, 1.82) is 0 Å². The first-order valence-corrected chi connectivity index (χ1v) is 10.9. The van der Waals surface area contributed by atoms with E-state index in [1.54, 1.807) is 0 Å². The van der Waals surface area contributed by atoms with E-state index in [0.29, 0.717) is 6.42 Å². The van der Waals surface area contributed by atoms with Crippen molar-refractivity contribution in [1.82, 2.24) is 9.78 Å². The van der Waals surface area contributed by atoms with E-state index in [4.69, 9.17) is 28.2 Å². The molecule has 0 bridgehead atoms. The molecule has 31 heavy (non-hydrogen) atoms. The van der Waals surface area contributed by atoms with Gasteiger partial charge in [-0.05, 0) is 55.7 Å². The van der Waals surface area contributed by atoms with Crippen molar-refractivity contribution in [2.45, 2.75) is 45.1 Å². The molecule has 0 saturated heterocycles. The summed E-state index contributed by atoms with van der Waals surface area (Å²) in [5, 5.41) is 14.0. The molecule has 0 spiro atoms. The third-order valence-corrected chi connectivity index (χ3v) is 6.10. The summed E-state index contributed by atoms with van der Waals surface area (Å²) >= 11 is 6.49. The molecule has 0 amide bonds. The fourth-order valence-electron chi connectivity index (χ4n) is 4.30. The van der Waals surface area contributed by atoms with Crippen LogP contribution in [0.5, 0.6) is 0 Å². The first-order chi connectivity index (χ1) is 15.0. The van der Waals surface area contributed by atoms with Gasteiger partial charge in [0.1, 0.15) is 0 Å². The molecule has 0 aliphatic heterocycles. The lowest BCUT2D eigenvalue weighted by Crippen LogP contribution is -2.23. The van der Waals surface area contributed by atoms with E-state index in [0.717, 1.165) is 59.1 Å². The number of aromatic nitrogens is 2. The molecule has 1 atom stereocenters. The van der Waals surface area contributed by atoms with Gasteiger partial charge >= 0.3 is 0 Å². The number of hydrogen-bond acceptors (Lipinski definition) is 3. The van der Waals surface area contributed by atoms with Crippen LogP contribution in [0, 0.1) is 6.92 Å². The lowest BCUT2D eigenvalue weighted by atomic mass is 9.81. The lowest BCUT2D eigenvalue weighted by Gasteiger charge is -2.24. The monoisotopic (exact) mass is 434 g/mol. The summed E-state index contributed by atoms with van der Waals surface area (Å²) in [5.41, 5.74) is 17.6. The third kappa shape index (κ3) is 4.80. The first-order valence-electron chi connectivity index (χ1n) is 10.5. The number of rotatable bonds is 6. The van der Waals surface area contributed by atoms with E-state index < -0.39 is 0 Å². The van der Waals surface area contributed by atoms with Crippen LogP contribution in [0.1, 0.15) is 46.8 Å². The van der Waals surface area contributed by atoms with E-state index in [1.807, 2.05) is 24.3 Å². The van der Waals surface area contributed by atoms with Gasteiger partial charge in [0.2, 0.25) is 5.96 Å². The molecule has 1 aromatic heterocycles. The zero-order valence-corrected chi connectivity index (χ0v) is 18.4. The van der Waals surface area contributed by atoms with Crippen molar-refractivity contribution in [3.05, 3.63) is 87.7 Å². The van der Waals surface area contributed by atoms with Crippen LogP contribution in [-0.2, 0) is 19.4 Å². The number of nitrogens with zero attached hydrogens (tertiary/aromatic N) is 4. The maximum Gasteiger partial charge on any atom is 0.211 e. The van der Waals surface area contributed by atoms with E-state index in [-0.39, 0.29) is 11.9 Å². The standard InChI is InChI=1S/C24H27ClN6/c1-16-23-21(28-29-24(26)27)14-18(19-11-5-6-12-20(19)25)15-22(23)30-31(16)13-7-10-17-8-3-2-4-9-17/h2-6,8-9,11-12,18H,7,10,13-15H2,1H3,(H4,26,27,29). The van der Waals surface area contributed by atoms with Gasteiger partial charge in [0.15, 0.2) is 0 Å². The Hall–Kier alpha value is -3.12. The quantitative estimate of drug-likeness (QED) is 0.346. The highest BCUT2D eigenvalue weighted by Crippen LogP contribution is 2.37. The fourth-order valence-corrected chi connectivity index (χ4v) is 4.59. The molecule has 4 N–H and O–H groups in total. The van der Waals surface area contributed by atoms with Crippen molar-refractivity contribution in [2.24, 2.45) is 21.7 Å². The number of halogens is 1. The van der Waals surface area contributed by atoms with Crippen molar-refractivity contribution < 1.29 is 0 Å². The van der Waals surface area contributed by atoms with Crippen LogP contribution < -0.4 is 11.5 Å². The van der Waals surface area contributed by atoms with E-state index in [2.05, 4.69) is 52.1 Å². The normalized spacial score (nSPS) is 16.8. The van der Waals surface area contributed by atoms with Gasteiger partial charge in [-0.1, -0.05) is 60.1 Å². The minimum atomic E-state index is -0.0539. The van der Waals surface area contributed by atoms with Crippen molar-refractivity contribution in [3.63, 3.8) is 0 Å². The molecule has 0 radical (unpaired) electrons. The molecule has 4 rings (SSSR count). The molecule has 1 unspecified atom stereocenters. The van der Waals surface area contributed by atoms with Crippen molar-refractivity contribution in [2.75, 3.05) is 0 Å². The van der Waals surface area contributed by atoms with Gasteiger partial charge in [0.05, 0.1) is 11.4 Å². The Kier molecular flexibility index (Phi) is 6.37. The fraction of sp³-hybridized carbons (Fsp3) is 0.292. The molecule has 2 aromatic carbocycles. The molecule has 1 heterocycles. The van der Waals surface area contributed by atoms with Crippen LogP contribution in [0.2, 0.25) is 5.02 Å². The van der Waals surface area contributed by atoms with Gasteiger partial charge in [0.25, 0.3) is 0 Å². The Morgan fingerprint density at radius 1 is 1.10 bits per heavy atom. The summed E-state index contributed by atoms with van der Waals surface area (Å²) in [7, 11) is 0. The highest BCUT2D eigenvalue weighted by molar-refractivity contribution is 6.31. The number of nitrogens with two attached hydrogens (primary N) is 2. The van der Waals surface area contributed by atoms with Gasteiger partial charge in [0, 0.05) is 22.8 Å². The van der Waals surface area contributed by atoms with E-state index in [1.165, 1.54) is 5.56 Å². The van der Waals surface area contributed by atoms with Crippen molar-refractivity contribution in [3.8, 4) is 0 Å². The Morgan fingerprint density at radius 3 is 2.58 bits per heavy atom. The zero-order chi connectivity index (χ0) is 21.8. The van der Waals surface area contributed by atoms with Crippen LogP contribution in [0.4, 0.5) is 0 Å². The third-order valence-electron chi connectivity index (χ3n) is 5.76. The SMILES string of the molecule is Cc1c2c(nn1CCCc1ccccc1)CC(c1ccccc1Cl)CC2=NN=C(N)N. The molecular weight excluding hydrogens is 408 g/mol. The van der Waals surface area contributed by atoms with Crippen molar-refractivity contribution >= 4 is 23.3 Å². The molecule has 1 aliphatic carbocycles. The second-order valence-corrected chi connectivity index (χ2v) is 8.32. The summed E-state index contributed by atoms with van der Waals surface area (Å²) in [6, 6.07) is 18.5. The lowest BCUT2D eigenvalue weighted by molar-refractivity contribution is 0.555. The minimum Gasteiger partial charge on any atom is -0.369 e. The number of hydrogen-bond donors (Lipinski definition) is 2. The molecule has 7 heteroatoms. The number of fused-ring (bicyclic) bond motifs is 1. The molecule has 1 aliphatic rings. The summed E-state index contributed by atoms with van der Waals surface area (Å²) in [6.45, 7) is 2.94. The van der Waals surface area contributed by atoms with Crippen LogP contribution in [0.25, 0.3) is 0 Å². The average Bonchev–Trinajstić information content (AvgIpc) is 3.08. The highest BCUT2D eigenvalue weighted by Gasteiger charge is 2.31. The minimum absolute atomic E-state index is 0.0539. The predicted octanol–water partition coefficient (Wildman–Crippen LogP) is 4.19. The average molecular weight is 435 g/mol. The Labute approximate surface area is 187 Å². The molecular formula is C24H27ClN6. The molecule has 160 valence electrons. The number of aryl methyl sites for hydroxylation is 2. The topological polar surface area (TPSA) is 94.6 Å². The van der Waals surface area contributed by atoms with E-state index in [9.17, 15) is 0 Å². The van der Waals surface area contributed by atoms with Crippen LogP contribution in [-0.4, -0.2) is 21.5 Å². The largest absolute Gasteiger partial charge is 0.369 e. The highest BCUT2D eigenvalue weighted by atomic mass is 35.5. The summed E-state index contributed by atoms with van der Waals surface area (Å²) in [6.07, 6.45) is 3.55. The van der Waals surface area contributed by atoms with Crippen LogP contribution in [0.3, 0.4) is 0 Å². The smallest absolute Gasteiger partial charge is 0.211 e. The zero-order valence-electron chi connectivity index (χ0n) is 17.6. The second kappa shape index (κ2) is 9.35. The van der Waals surface area contributed by atoms with Gasteiger partial charge in [-0.3, -0.25) is 4.68 Å². The van der Waals surface area contributed by atoms with Gasteiger partial charge in [-0.25, -0.2) is 0 Å². The van der Waals surface area contributed by atoms with Gasteiger partial charge in [-0.15, -0.1) is 5.10 Å². The molecule has 3 aromatic rings. The first kappa shape index (κ1) is 21.1. The van der Waals surface area contributed by atoms with Gasteiger partial charge in [-0.2, -0.15) is 10.2 Å². The Balaban J connectivity index is 1.62. The van der Waals surface area contributed by atoms with Crippen LogP contribution in [0.15, 0.2) is 64.8 Å². The summed E-state index contributed by atoms with van der Waals surface area (Å²) in [4.78, 5) is 0. The summed E-state index contributed by atoms with van der Waals surface area (Å²) in [5.74, 6) is 0.128. The van der Waals surface area contributed by atoms with E-state index >= 15 is 0 Å². The maximum atomic E-state index is 6.49. The molecule has 6 nitrogen and oxygen atoms in total. The predicted molar refractivity (Wildman–Crippen MR) is 127 cm³/mol. The molecule has 0 fully saturated rings. The number of benzene rings is 2. The Morgan fingerprint density at radius 2 is 1.84 bits per heavy atom. The second-order valence-electron chi connectivity index (χ2n) is 7.92. The van der Waals surface area contributed by atoms with Crippen LogP contribution >= 0.6 is 11.6 Å².